The first-order valence-corrected chi connectivity index (χ1v) is 12.3. The van der Waals surface area contributed by atoms with E-state index < -0.39 is 0 Å². The second-order valence-corrected chi connectivity index (χ2v) is 9.76. The Labute approximate surface area is 195 Å². The topological polar surface area (TPSA) is 95.6 Å². The van der Waals surface area contributed by atoms with E-state index >= 15 is 0 Å². The van der Waals surface area contributed by atoms with Gasteiger partial charge in [-0.05, 0) is 69.0 Å². The number of rotatable bonds is 5. The van der Waals surface area contributed by atoms with Crippen molar-refractivity contribution in [3.8, 4) is 5.75 Å². The van der Waals surface area contributed by atoms with Gasteiger partial charge in [0.15, 0.2) is 0 Å². The van der Waals surface area contributed by atoms with Crippen molar-refractivity contribution in [3.63, 3.8) is 0 Å². The van der Waals surface area contributed by atoms with Gasteiger partial charge in [0.2, 0.25) is 0 Å². The fraction of sp³-hybridized carbons (Fsp3) is 0.375. The molecule has 3 amide bonds. The molecule has 1 saturated carbocycles. The summed E-state index contributed by atoms with van der Waals surface area (Å²) in [7, 11) is 0. The largest absolute Gasteiger partial charge is 0.490 e. The molecule has 1 atom stereocenters. The number of pyridine rings is 1. The Morgan fingerprint density at radius 1 is 1.15 bits per heavy atom. The van der Waals surface area contributed by atoms with E-state index in [1.807, 2.05) is 30.3 Å². The summed E-state index contributed by atoms with van der Waals surface area (Å²) in [5.74, 6) is 0.645. The van der Waals surface area contributed by atoms with Gasteiger partial charge < -0.3 is 20.7 Å². The van der Waals surface area contributed by atoms with E-state index in [0.717, 1.165) is 66.1 Å². The lowest BCUT2D eigenvalue weighted by atomic mass is 9.96. The van der Waals surface area contributed by atoms with Crippen LogP contribution in [-0.4, -0.2) is 42.2 Å². The van der Waals surface area contributed by atoms with Crippen LogP contribution in [0.4, 0.5) is 21.9 Å². The molecule has 6 rings (SSSR count). The van der Waals surface area contributed by atoms with Gasteiger partial charge in [0.05, 0.1) is 28.6 Å². The third-order valence-corrected chi connectivity index (χ3v) is 7.63. The summed E-state index contributed by atoms with van der Waals surface area (Å²) in [6.07, 6.45) is 7.38. The molecule has 3 N–H and O–H groups in total. The molecule has 170 valence electrons. The number of carbonyl (C=O) groups is 2. The molecule has 2 aromatic heterocycles. The van der Waals surface area contributed by atoms with E-state index in [9.17, 15) is 9.59 Å². The molecular formula is C24H25N5O3S. The molecule has 33 heavy (non-hydrogen) atoms. The van der Waals surface area contributed by atoms with Crippen LogP contribution in [0.5, 0.6) is 5.75 Å². The van der Waals surface area contributed by atoms with Gasteiger partial charge in [0.1, 0.15) is 15.5 Å². The van der Waals surface area contributed by atoms with E-state index in [2.05, 4.69) is 20.9 Å². The van der Waals surface area contributed by atoms with Crippen molar-refractivity contribution in [1.29, 1.82) is 0 Å². The fourth-order valence-corrected chi connectivity index (χ4v) is 5.60. The quantitative estimate of drug-likeness (QED) is 0.522. The maximum atomic E-state index is 13.2. The average molecular weight is 464 g/mol. The van der Waals surface area contributed by atoms with Gasteiger partial charge >= 0.3 is 6.03 Å². The number of amides is 3. The smallest absolute Gasteiger partial charge is 0.331 e. The Hall–Kier alpha value is -3.17. The molecule has 9 heteroatoms. The Morgan fingerprint density at radius 2 is 2.00 bits per heavy atom. The summed E-state index contributed by atoms with van der Waals surface area (Å²) < 4.78 is 5.95. The molecule has 1 unspecified atom stereocenters. The van der Waals surface area contributed by atoms with Crippen molar-refractivity contribution in [1.82, 2.24) is 15.6 Å². The summed E-state index contributed by atoms with van der Waals surface area (Å²) in [6.45, 7) is 1.74. The molecule has 1 aliphatic carbocycles. The van der Waals surface area contributed by atoms with Crippen molar-refractivity contribution < 1.29 is 14.3 Å². The van der Waals surface area contributed by atoms with Crippen molar-refractivity contribution >= 4 is 50.6 Å². The first-order valence-electron chi connectivity index (χ1n) is 11.5. The van der Waals surface area contributed by atoms with Crippen LogP contribution >= 0.6 is 11.3 Å². The van der Waals surface area contributed by atoms with Gasteiger partial charge in [0.25, 0.3) is 5.91 Å². The zero-order chi connectivity index (χ0) is 22.4. The number of nitrogens with one attached hydrogen (secondary N) is 3. The van der Waals surface area contributed by atoms with Crippen LogP contribution < -0.4 is 25.6 Å². The molecule has 1 saturated heterocycles. The normalized spacial score (nSPS) is 20.3. The predicted molar refractivity (Wildman–Crippen MR) is 129 cm³/mol. The molecule has 3 aromatic rings. The van der Waals surface area contributed by atoms with E-state index in [0.29, 0.717) is 16.7 Å². The number of carbonyl (C=O) groups excluding carboxylic acids is 2. The van der Waals surface area contributed by atoms with E-state index in [4.69, 9.17) is 4.74 Å². The number of aromatic nitrogens is 1. The molecule has 2 fully saturated rings. The summed E-state index contributed by atoms with van der Waals surface area (Å²) in [6, 6.07) is 9.20. The van der Waals surface area contributed by atoms with Crippen LogP contribution in [0.1, 0.15) is 41.8 Å². The number of thiophene rings is 1. The van der Waals surface area contributed by atoms with E-state index in [-0.39, 0.29) is 18.0 Å². The number of ether oxygens (including phenoxy) is 1. The van der Waals surface area contributed by atoms with Crippen LogP contribution in [0.15, 0.2) is 36.5 Å². The number of urea groups is 1. The van der Waals surface area contributed by atoms with Crippen LogP contribution in [0, 0.1) is 0 Å². The summed E-state index contributed by atoms with van der Waals surface area (Å²) in [4.78, 5) is 33.6. The van der Waals surface area contributed by atoms with Crippen LogP contribution in [0.25, 0.3) is 10.2 Å². The Bertz CT molecular complexity index is 1210. The summed E-state index contributed by atoms with van der Waals surface area (Å²) >= 11 is 1.31. The highest BCUT2D eigenvalue weighted by Gasteiger charge is 2.33. The van der Waals surface area contributed by atoms with Crippen LogP contribution in [0.3, 0.4) is 0 Å². The average Bonchev–Trinajstić information content (AvgIpc) is 3.17. The molecule has 8 nitrogen and oxygen atoms in total. The van der Waals surface area contributed by atoms with Crippen molar-refractivity contribution in [2.24, 2.45) is 0 Å². The first kappa shape index (κ1) is 20.4. The number of benzene rings is 1. The third-order valence-electron chi connectivity index (χ3n) is 6.53. The lowest BCUT2D eigenvalue weighted by Crippen LogP contribution is -2.45. The highest BCUT2D eigenvalue weighted by Crippen LogP contribution is 2.45. The molecular weight excluding hydrogens is 438 g/mol. The van der Waals surface area contributed by atoms with Crippen molar-refractivity contribution in [3.05, 3.63) is 41.4 Å². The standard InChI is InChI=1S/C24H25N5O3S/c30-22(27-14-3-2-11-25-13-14)21-20-19-18(10-12-26-23(19)33-21)29(24(31)28-20)15-6-8-17(9-7-15)32-16-4-1-5-16/h6-10,12,14,16,25H,1-5,11,13H2,(H,27,30)(H,28,31). The van der Waals surface area contributed by atoms with E-state index in [1.54, 1.807) is 11.1 Å². The molecule has 1 aromatic carbocycles. The molecule has 4 heterocycles. The van der Waals surface area contributed by atoms with Gasteiger partial charge in [-0.3, -0.25) is 9.69 Å². The lowest BCUT2D eigenvalue weighted by molar-refractivity contribution is 0.0935. The number of hydrogen-bond donors (Lipinski definition) is 3. The second kappa shape index (κ2) is 8.31. The van der Waals surface area contributed by atoms with Gasteiger partial charge in [-0.1, -0.05) is 0 Å². The van der Waals surface area contributed by atoms with E-state index in [1.165, 1.54) is 17.8 Å². The summed E-state index contributed by atoms with van der Waals surface area (Å²) in [5.41, 5.74) is 2.00. The molecule has 2 aliphatic heterocycles. The fourth-order valence-electron chi connectivity index (χ4n) is 4.58. The first-order chi connectivity index (χ1) is 16.2. The number of anilines is 3. The highest BCUT2D eigenvalue weighted by atomic mass is 32.1. The molecule has 3 aliphatic rings. The third kappa shape index (κ3) is 3.71. The monoisotopic (exact) mass is 463 g/mol. The number of nitrogens with zero attached hydrogens (tertiary/aromatic N) is 2. The highest BCUT2D eigenvalue weighted by molar-refractivity contribution is 7.21. The summed E-state index contributed by atoms with van der Waals surface area (Å²) in [5, 5.41) is 10.2. The minimum Gasteiger partial charge on any atom is -0.490 e. The maximum absolute atomic E-state index is 13.2. The van der Waals surface area contributed by atoms with Gasteiger partial charge in [0, 0.05) is 18.8 Å². The van der Waals surface area contributed by atoms with Gasteiger partial charge in [-0.25, -0.2) is 9.78 Å². The Kier molecular flexibility index (Phi) is 5.15. The second-order valence-electron chi connectivity index (χ2n) is 8.76. The zero-order valence-corrected chi connectivity index (χ0v) is 18.9. The SMILES string of the molecule is O=C(NC1CCCNC1)c1sc2nccc3c2c1NC(=O)N3c1ccc(OC2CCC2)cc1. The van der Waals surface area contributed by atoms with Crippen LogP contribution in [0.2, 0.25) is 0 Å². The minimum absolute atomic E-state index is 0.0903. The van der Waals surface area contributed by atoms with Crippen LogP contribution in [-0.2, 0) is 0 Å². The maximum Gasteiger partial charge on any atom is 0.331 e. The molecule has 0 spiro atoms. The van der Waals surface area contributed by atoms with Gasteiger partial charge in [-0.15, -0.1) is 11.3 Å². The number of hydrogen-bond acceptors (Lipinski definition) is 6. The molecule has 0 radical (unpaired) electrons. The minimum atomic E-state index is -0.297. The predicted octanol–water partition coefficient (Wildman–Crippen LogP) is 4.39. The van der Waals surface area contributed by atoms with Gasteiger partial charge in [-0.2, -0.15) is 0 Å². The lowest BCUT2D eigenvalue weighted by Gasteiger charge is -2.29. The molecule has 0 bridgehead atoms. The van der Waals surface area contributed by atoms with Crippen molar-refractivity contribution in [2.45, 2.75) is 44.2 Å². The Balaban J connectivity index is 1.32. The zero-order valence-electron chi connectivity index (χ0n) is 18.1. The Morgan fingerprint density at radius 3 is 2.73 bits per heavy atom. The number of piperidine rings is 1. The van der Waals surface area contributed by atoms with Crippen molar-refractivity contribution in [2.75, 3.05) is 23.3 Å².